The maximum Gasteiger partial charge on any atom is 0.108 e. The SMILES string of the molecule is C=C(/C=C\C)N(c1ccccc1)C(C)n1c2ccccc2c2ccccc21. The quantitative estimate of drug-likeness (QED) is 0.354. The van der Waals surface area contributed by atoms with Crippen LogP contribution in [0, 0.1) is 0 Å². The maximum absolute atomic E-state index is 4.34. The van der Waals surface area contributed by atoms with Gasteiger partial charge in [-0.3, -0.25) is 0 Å². The van der Waals surface area contributed by atoms with Gasteiger partial charge in [-0.2, -0.15) is 0 Å². The number of benzene rings is 3. The summed E-state index contributed by atoms with van der Waals surface area (Å²) in [4.78, 5) is 2.29. The van der Waals surface area contributed by atoms with Crippen LogP contribution in [0.2, 0.25) is 0 Å². The Hall–Kier alpha value is -3.26. The molecule has 4 rings (SSSR count). The average Bonchev–Trinajstić information content (AvgIpc) is 3.04. The van der Waals surface area contributed by atoms with Crippen LogP contribution < -0.4 is 4.90 Å². The Morgan fingerprint density at radius 1 is 0.852 bits per heavy atom. The minimum atomic E-state index is 0.0703. The van der Waals surface area contributed by atoms with Crippen molar-refractivity contribution in [2.45, 2.75) is 20.0 Å². The predicted molar refractivity (Wildman–Crippen MR) is 117 cm³/mol. The highest BCUT2D eigenvalue weighted by molar-refractivity contribution is 6.08. The Morgan fingerprint density at radius 3 is 1.93 bits per heavy atom. The molecule has 0 aliphatic rings. The summed E-state index contributed by atoms with van der Waals surface area (Å²) in [7, 11) is 0. The number of hydrogen-bond donors (Lipinski definition) is 0. The second kappa shape index (κ2) is 7.16. The molecule has 0 radical (unpaired) electrons. The summed E-state index contributed by atoms with van der Waals surface area (Å²) in [5.41, 5.74) is 4.58. The molecule has 27 heavy (non-hydrogen) atoms. The van der Waals surface area contributed by atoms with Crippen molar-refractivity contribution in [2.24, 2.45) is 0 Å². The van der Waals surface area contributed by atoms with Crippen molar-refractivity contribution in [1.82, 2.24) is 4.57 Å². The van der Waals surface area contributed by atoms with Gasteiger partial charge in [0.25, 0.3) is 0 Å². The molecule has 0 N–H and O–H groups in total. The lowest BCUT2D eigenvalue weighted by atomic mass is 10.2. The Kier molecular flexibility index (Phi) is 4.55. The van der Waals surface area contributed by atoms with E-state index in [1.54, 1.807) is 0 Å². The van der Waals surface area contributed by atoms with E-state index in [4.69, 9.17) is 0 Å². The molecule has 134 valence electrons. The lowest BCUT2D eigenvalue weighted by molar-refractivity contribution is 0.577. The van der Waals surface area contributed by atoms with Gasteiger partial charge in [-0.25, -0.2) is 0 Å². The maximum atomic E-state index is 4.34. The topological polar surface area (TPSA) is 8.17 Å². The molecule has 0 saturated heterocycles. The third-order valence-electron chi connectivity index (χ3n) is 5.07. The van der Waals surface area contributed by atoms with Gasteiger partial charge in [-0.1, -0.05) is 67.3 Å². The zero-order valence-corrected chi connectivity index (χ0v) is 15.8. The summed E-state index contributed by atoms with van der Waals surface area (Å²) in [6.45, 7) is 8.60. The van der Waals surface area contributed by atoms with Gasteiger partial charge in [-0.15, -0.1) is 0 Å². The molecule has 1 atom stereocenters. The normalized spacial score (nSPS) is 12.7. The molecule has 2 heteroatoms. The first-order valence-electron chi connectivity index (χ1n) is 9.36. The Bertz CT molecular complexity index is 1070. The molecule has 3 aromatic carbocycles. The number of hydrogen-bond acceptors (Lipinski definition) is 1. The Balaban J connectivity index is 1.96. The van der Waals surface area contributed by atoms with E-state index in [1.165, 1.54) is 21.8 Å². The molecule has 1 heterocycles. The number of anilines is 1. The molecule has 0 fully saturated rings. The molecular formula is C25H24N2. The second-order valence-corrected chi connectivity index (χ2v) is 6.73. The van der Waals surface area contributed by atoms with Crippen molar-refractivity contribution in [3.8, 4) is 0 Å². The molecule has 0 amide bonds. The smallest absolute Gasteiger partial charge is 0.108 e. The third kappa shape index (κ3) is 2.93. The zero-order chi connectivity index (χ0) is 18.8. The Labute approximate surface area is 160 Å². The summed E-state index contributed by atoms with van der Waals surface area (Å²) in [5.74, 6) is 0. The van der Waals surface area contributed by atoms with E-state index >= 15 is 0 Å². The van der Waals surface area contributed by atoms with Crippen molar-refractivity contribution in [3.05, 3.63) is 103 Å². The van der Waals surface area contributed by atoms with Crippen molar-refractivity contribution in [2.75, 3.05) is 4.90 Å². The van der Waals surface area contributed by atoms with Crippen LogP contribution in [0.25, 0.3) is 21.8 Å². The minimum absolute atomic E-state index is 0.0703. The van der Waals surface area contributed by atoms with E-state index in [1.807, 2.05) is 19.1 Å². The molecule has 1 unspecified atom stereocenters. The van der Waals surface area contributed by atoms with Gasteiger partial charge in [0.15, 0.2) is 0 Å². The molecule has 0 bridgehead atoms. The van der Waals surface area contributed by atoms with Gasteiger partial charge in [-0.05, 0) is 44.2 Å². The lowest BCUT2D eigenvalue weighted by Crippen LogP contribution is -2.29. The highest BCUT2D eigenvalue weighted by Crippen LogP contribution is 2.35. The van der Waals surface area contributed by atoms with Gasteiger partial charge < -0.3 is 9.47 Å². The molecule has 0 aliphatic carbocycles. The molecule has 0 spiro atoms. The van der Waals surface area contributed by atoms with Crippen LogP contribution >= 0.6 is 0 Å². The van der Waals surface area contributed by atoms with E-state index in [0.29, 0.717) is 0 Å². The molecule has 0 aliphatic heterocycles. The van der Waals surface area contributed by atoms with Crippen LogP contribution in [-0.4, -0.2) is 4.57 Å². The van der Waals surface area contributed by atoms with Crippen LogP contribution in [-0.2, 0) is 0 Å². The van der Waals surface area contributed by atoms with Crippen molar-refractivity contribution in [1.29, 1.82) is 0 Å². The van der Waals surface area contributed by atoms with Crippen LogP contribution in [0.3, 0.4) is 0 Å². The average molecular weight is 352 g/mol. The fourth-order valence-corrected chi connectivity index (χ4v) is 3.95. The number of rotatable bonds is 5. The van der Waals surface area contributed by atoms with Gasteiger partial charge in [0.05, 0.1) is 11.0 Å². The Morgan fingerprint density at radius 2 is 1.37 bits per heavy atom. The number of fused-ring (bicyclic) bond motifs is 3. The summed E-state index contributed by atoms with van der Waals surface area (Å²) < 4.78 is 2.41. The van der Waals surface area contributed by atoms with Gasteiger partial charge in [0.2, 0.25) is 0 Å². The van der Waals surface area contributed by atoms with E-state index < -0.39 is 0 Å². The van der Waals surface area contributed by atoms with Crippen molar-refractivity contribution < 1.29 is 0 Å². The largest absolute Gasteiger partial charge is 0.321 e. The molecule has 4 aromatic rings. The van der Waals surface area contributed by atoms with Crippen LogP contribution in [0.15, 0.2) is 103 Å². The molecular weight excluding hydrogens is 328 g/mol. The lowest BCUT2D eigenvalue weighted by Gasteiger charge is -2.33. The summed E-state index contributed by atoms with van der Waals surface area (Å²) in [6.07, 6.45) is 4.18. The number of aromatic nitrogens is 1. The van der Waals surface area contributed by atoms with Crippen molar-refractivity contribution in [3.63, 3.8) is 0 Å². The van der Waals surface area contributed by atoms with E-state index in [9.17, 15) is 0 Å². The van der Waals surface area contributed by atoms with E-state index in [0.717, 1.165) is 11.4 Å². The summed E-state index contributed by atoms with van der Waals surface area (Å²) in [6, 6.07) is 27.7. The number of nitrogens with zero attached hydrogens (tertiary/aromatic N) is 2. The number of allylic oxidation sites excluding steroid dienone is 2. The van der Waals surface area contributed by atoms with E-state index in [2.05, 4.69) is 102 Å². The fraction of sp³-hybridized carbons (Fsp3) is 0.120. The minimum Gasteiger partial charge on any atom is -0.321 e. The predicted octanol–water partition coefficient (Wildman–Crippen LogP) is 6.91. The highest BCUT2D eigenvalue weighted by Gasteiger charge is 2.22. The second-order valence-electron chi connectivity index (χ2n) is 6.73. The van der Waals surface area contributed by atoms with Crippen LogP contribution in [0.1, 0.15) is 20.0 Å². The van der Waals surface area contributed by atoms with Crippen molar-refractivity contribution >= 4 is 27.5 Å². The summed E-state index contributed by atoms with van der Waals surface area (Å²) >= 11 is 0. The van der Waals surface area contributed by atoms with Crippen LogP contribution in [0.5, 0.6) is 0 Å². The first kappa shape index (κ1) is 17.2. The van der Waals surface area contributed by atoms with E-state index in [-0.39, 0.29) is 6.17 Å². The summed E-state index contributed by atoms with van der Waals surface area (Å²) in [5, 5.41) is 2.56. The standard InChI is InChI=1S/C25H24N2/c1-4-12-19(2)26(21-13-6-5-7-14-21)20(3)27-24-17-10-8-15-22(24)23-16-9-11-18-25(23)27/h4-18,20H,2H2,1,3H3/b12-4-. The first-order chi connectivity index (χ1) is 13.2. The van der Waals surface area contributed by atoms with Crippen LogP contribution in [0.4, 0.5) is 5.69 Å². The molecule has 0 saturated carbocycles. The highest BCUT2D eigenvalue weighted by atomic mass is 15.3. The number of para-hydroxylation sites is 3. The molecule has 1 aromatic heterocycles. The fourth-order valence-electron chi connectivity index (χ4n) is 3.95. The zero-order valence-electron chi connectivity index (χ0n) is 15.8. The first-order valence-corrected chi connectivity index (χ1v) is 9.36. The van der Waals surface area contributed by atoms with Gasteiger partial charge in [0.1, 0.15) is 6.17 Å². The van der Waals surface area contributed by atoms with Gasteiger partial charge >= 0.3 is 0 Å². The monoisotopic (exact) mass is 352 g/mol. The van der Waals surface area contributed by atoms with Gasteiger partial charge in [0, 0.05) is 22.2 Å². The molecule has 2 nitrogen and oxygen atoms in total. The third-order valence-corrected chi connectivity index (χ3v) is 5.07.